The fourth-order valence-electron chi connectivity index (χ4n) is 4.33. The molecular weight excluding hydrogens is 533 g/mol. The Kier molecular flexibility index (Phi) is 8.25. The molecule has 1 aliphatic carbocycles. The standard InChI is InChI=1S/C26H31Cl2N5O5/c1-16(2)38-21-9-8-19(12-20(21)28)30-23-31(14-17-4-6-18(27)7-5-17)24(35)32(25(36)33(23)29)15-26(10-11-26)13-22(34)37-3/h4-9,12,16,23,30H,10-11,13-15,29H2,1-3H3. The van der Waals surface area contributed by atoms with Gasteiger partial charge in [0.2, 0.25) is 6.29 Å². The first-order valence-electron chi connectivity index (χ1n) is 12.2. The van der Waals surface area contributed by atoms with Gasteiger partial charge < -0.3 is 14.8 Å². The van der Waals surface area contributed by atoms with Crippen molar-refractivity contribution in [3.8, 4) is 5.75 Å². The highest BCUT2D eigenvalue weighted by atomic mass is 35.5. The first-order valence-corrected chi connectivity index (χ1v) is 13.0. The van der Waals surface area contributed by atoms with Crippen molar-refractivity contribution >= 4 is 46.9 Å². The van der Waals surface area contributed by atoms with Crippen molar-refractivity contribution in [3.05, 3.63) is 58.1 Å². The molecule has 10 nitrogen and oxygen atoms in total. The van der Waals surface area contributed by atoms with Gasteiger partial charge >= 0.3 is 18.0 Å². The van der Waals surface area contributed by atoms with Crippen LogP contribution in [0.5, 0.6) is 5.75 Å². The molecular formula is C26H31Cl2N5O5. The quantitative estimate of drug-likeness (QED) is 0.236. The van der Waals surface area contributed by atoms with Crippen molar-refractivity contribution in [1.82, 2.24) is 14.8 Å². The maximum absolute atomic E-state index is 13.8. The summed E-state index contributed by atoms with van der Waals surface area (Å²) in [5.74, 6) is 6.43. The van der Waals surface area contributed by atoms with E-state index in [-0.39, 0.29) is 31.6 Å². The lowest BCUT2D eigenvalue weighted by Gasteiger charge is -2.46. The molecule has 4 rings (SSSR count). The highest BCUT2D eigenvalue weighted by Crippen LogP contribution is 2.50. The van der Waals surface area contributed by atoms with E-state index in [1.807, 2.05) is 13.8 Å². The molecule has 2 aromatic rings. The summed E-state index contributed by atoms with van der Waals surface area (Å²) >= 11 is 12.4. The Morgan fingerprint density at radius 3 is 2.39 bits per heavy atom. The molecule has 3 N–H and O–H groups in total. The summed E-state index contributed by atoms with van der Waals surface area (Å²) in [6.45, 7) is 3.98. The number of halogens is 2. The number of nitrogens with one attached hydrogen (secondary N) is 1. The lowest BCUT2D eigenvalue weighted by molar-refractivity contribution is -0.142. The van der Waals surface area contributed by atoms with Crippen LogP contribution in [-0.2, 0) is 16.1 Å². The van der Waals surface area contributed by atoms with E-state index < -0.39 is 23.8 Å². The minimum Gasteiger partial charge on any atom is -0.489 e. The number of carbonyl (C=O) groups is 3. The van der Waals surface area contributed by atoms with Gasteiger partial charge in [-0.1, -0.05) is 35.3 Å². The van der Waals surface area contributed by atoms with E-state index >= 15 is 0 Å². The first kappa shape index (κ1) is 27.8. The number of amides is 4. The normalized spacial score (nSPS) is 18.6. The summed E-state index contributed by atoms with van der Waals surface area (Å²) < 4.78 is 10.5. The molecule has 1 aliphatic heterocycles. The van der Waals surface area contributed by atoms with Gasteiger partial charge in [0.15, 0.2) is 0 Å². The van der Waals surface area contributed by atoms with Crippen LogP contribution in [0.25, 0.3) is 0 Å². The van der Waals surface area contributed by atoms with Crippen molar-refractivity contribution in [2.75, 3.05) is 19.0 Å². The Hall–Kier alpha value is -3.21. The predicted octanol–water partition coefficient (Wildman–Crippen LogP) is 5.05. The van der Waals surface area contributed by atoms with E-state index in [9.17, 15) is 14.4 Å². The van der Waals surface area contributed by atoms with Crippen molar-refractivity contribution in [1.29, 1.82) is 0 Å². The number of hydrogen-bond acceptors (Lipinski definition) is 7. The van der Waals surface area contributed by atoms with Crippen LogP contribution in [0.15, 0.2) is 42.5 Å². The molecule has 12 heteroatoms. The molecule has 4 amide bonds. The van der Waals surface area contributed by atoms with Gasteiger partial charge in [-0.3, -0.25) is 9.69 Å². The third-order valence-electron chi connectivity index (χ3n) is 6.54. The molecule has 1 heterocycles. The zero-order chi connectivity index (χ0) is 27.6. The number of urea groups is 2. The van der Waals surface area contributed by atoms with Crippen LogP contribution in [0.2, 0.25) is 10.0 Å². The van der Waals surface area contributed by atoms with Crippen LogP contribution in [0, 0.1) is 5.41 Å². The molecule has 1 atom stereocenters. The van der Waals surface area contributed by atoms with E-state index in [0.29, 0.717) is 34.3 Å². The third kappa shape index (κ3) is 6.25. The SMILES string of the molecule is COC(=O)CC1(CN2C(=O)N(N)C(Nc3ccc(OC(C)C)c(Cl)c3)N(Cc3ccc(Cl)cc3)C2=O)CC1. The highest BCUT2D eigenvalue weighted by Gasteiger charge is 2.52. The minimum absolute atomic E-state index is 0.0599. The van der Waals surface area contributed by atoms with Crippen molar-refractivity contribution in [2.24, 2.45) is 11.3 Å². The molecule has 0 bridgehead atoms. The molecule has 1 saturated heterocycles. The van der Waals surface area contributed by atoms with Gasteiger partial charge in [0.05, 0.1) is 31.2 Å². The van der Waals surface area contributed by atoms with Gasteiger partial charge in [-0.05, 0) is 68.0 Å². The summed E-state index contributed by atoms with van der Waals surface area (Å²) in [5.41, 5.74) is 0.809. The highest BCUT2D eigenvalue weighted by molar-refractivity contribution is 6.32. The number of hydrogen-bond donors (Lipinski definition) is 2. The van der Waals surface area contributed by atoms with E-state index in [2.05, 4.69) is 5.32 Å². The van der Waals surface area contributed by atoms with Gasteiger partial charge in [0, 0.05) is 17.3 Å². The van der Waals surface area contributed by atoms with E-state index in [4.69, 9.17) is 38.5 Å². The summed E-state index contributed by atoms with van der Waals surface area (Å²) in [6, 6.07) is 10.9. The molecule has 38 heavy (non-hydrogen) atoms. The zero-order valence-corrected chi connectivity index (χ0v) is 23.0. The van der Waals surface area contributed by atoms with Crippen molar-refractivity contribution in [2.45, 2.75) is 52.0 Å². The monoisotopic (exact) mass is 563 g/mol. The summed E-state index contributed by atoms with van der Waals surface area (Å²) in [4.78, 5) is 41.6. The number of anilines is 1. The Morgan fingerprint density at radius 1 is 1.13 bits per heavy atom. The number of carbonyl (C=O) groups excluding carboxylic acids is 3. The maximum atomic E-state index is 13.8. The molecule has 2 aliphatic rings. The topological polar surface area (TPSA) is 117 Å². The van der Waals surface area contributed by atoms with Crippen LogP contribution in [-0.4, -0.2) is 58.9 Å². The summed E-state index contributed by atoms with van der Waals surface area (Å²) in [5, 5.41) is 5.05. The molecule has 2 fully saturated rings. The minimum atomic E-state index is -1.02. The number of hydrazine groups is 1. The van der Waals surface area contributed by atoms with Gasteiger partial charge in [-0.2, -0.15) is 0 Å². The maximum Gasteiger partial charge on any atom is 0.345 e. The predicted molar refractivity (Wildman–Crippen MR) is 143 cm³/mol. The van der Waals surface area contributed by atoms with Gasteiger partial charge in [0.25, 0.3) is 0 Å². The lowest BCUT2D eigenvalue weighted by atomic mass is 10.0. The fourth-order valence-corrected chi connectivity index (χ4v) is 4.68. The number of esters is 1. The van der Waals surface area contributed by atoms with E-state index in [0.717, 1.165) is 15.5 Å². The summed E-state index contributed by atoms with van der Waals surface area (Å²) in [6.07, 6.45) is 0.435. The van der Waals surface area contributed by atoms with Crippen LogP contribution < -0.4 is 15.9 Å². The largest absolute Gasteiger partial charge is 0.489 e. The molecule has 0 spiro atoms. The van der Waals surface area contributed by atoms with E-state index in [1.54, 1.807) is 42.5 Å². The number of methoxy groups -OCH3 is 1. The number of nitrogens with two attached hydrogens (primary N) is 1. The Balaban J connectivity index is 1.61. The molecule has 0 radical (unpaired) electrons. The van der Waals surface area contributed by atoms with Crippen LogP contribution in [0.1, 0.15) is 38.7 Å². The van der Waals surface area contributed by atoms with Crippen LogP contribution >= 0.6 is 23.2 Å². The number of benzene rings is 2. The second-order valence-electron chi connectivity index (χ2n) is 9.90. The number of rotatable bonds is 10. The van der Waals surface area contributed by atoms with Gasteiger partial charge in [-0.15, -0.1) is 0 Å². The smallest absolute Gasteiger partial charge is 0.345 e. The first-order chi connectivity index (χ1) is 18.0. The molecule has 2 aromatic carbocycles. The zero-order valence-electron chi connectivity index (χ0n) is 21.4. The second kappa shape index (κ2) is 11.3. The average Bonchev–Trinajstić information content (AvgIpc) is 3.64. The van der Waals surface area contributed by atoms with Crippen LogP contribution in [0.4, 0.5) is 15.3 Å². The molecule has 204 valence electrons. The molecule has 1 unspecified atom stereocenters. The Bertz CT molecular complexity index is 1210. The third-order valence-corrected chi connectivity index (χ3v) is 7.09. The number of imide groups is 1. The Labute approximate surface area is 231 Å². The second-order valence-corrected chi connectivity index (χ2v) is 10.7. The fraction of sp³-hybridized carbons (Fsp3) is 0.423. The number of ether oxygens (including phenoxy) is 2. The van der Waals surface area contributed by atoms with Gasteiger partial charge in [0.1, 0.15) is 5.75 Å². The van der Waals surface area contributed by atoms with Crippen LogP contribution in [0.3, 0.4) is 0 Å². The van der Waals surface area contributed by atoms with E-state index in [1.165, 1.54) is 12.0 Å². The van der Waals surface area contributed by atoms with Crippen molar-refractivity contribution in [3.63, 3.8) is 0 Å². The average molecular weight is 564 g/mol. The van der Waals surface area contributed by atoms with Crippen molar-refractivity contribution < 1.29 is 23.9 Å². The molecule has 0 aromatic heterocycles. The lowest BCUT2D eigenvalue weighted by Crippen LogP contribution is -2.70. The number of nitrogens with zero attached hydrogens (tertiary/aromatic N) is 3. The summed E-state index contributed by atoms with van der Waals surface area (Å²) in [7, 11) is 1.31. The molecule has 1 saturated carbocycles. The Morgan fingerprint density at radius 2 is 1.82 bits per heavy atom. The van der Waals surface area contributed by atoms with Gasteiger partial charge in [-0.25, -0.2) is 25.3 Å².